The number of amides is 2. The number of rotatable bonds is 8. The summed E-state index contributed by atoms with van der Waals surface area (Å²) in [6, 6.07) is 6.23. The predicted molar refractivity (Wildman–Crippen MR) is 101 cm³/mol. The number of hydrogen-bond acceptors (Lipinski definition) is 4. The number of carbonyl (C=O) groups excluding carboxylic acids is 2. The summed E-state index contributed by atoms with van der Waals surface area (Å²) in [6.07, 6.45) is 0.553. The van der Waals surface area contributed by atoms with Gasteiger partial charge in [-0.2, -0.15) is 0 Å². The highest BCUT2D eigenvalue weighted by molar-refractivity contribution is 6.01. The molecular formula is C20H21F3N2O4. The molecule has 0 fully saturated rings. The van der Waals surface area contributed by atoms with Crippen molar-refractivity contribution in [3.8, 4) is 11.5 Å². The van der Waals surface area contributed by atoms with Gasteiger partial charge in [-0.25, -0.2) is 13.2 Å². The Hall–Kier alpha value is -3.23. The Balaban J connectivity index is 2.20. The third-order valence-electron chi connectivity index (χ3n) is 4.06. The van der Waals surface area contributed by atoms with Crippen LogP contribution < -0.4 is 14.8 Å². The lowest BCUT2D eigenvalue weighted by molar-refractivity contribution is -0.116. The number of nitrogens with zero attached hydrogens (tertiary/aromatic N) is 1. The second-order valence-corrected chi connectivity index (χ2v) is 6.06. The Morgan fingerprint density at radius 1 is 1.03 bits per heavy atom. The number of nitrogens with one attached hydrogen (secondary N) is 1. The normalized spacial score (nSPS) is 10.4. The van der Waals surface area contributed by atoms with Crippen LogP contribution in [0.15, 0.2) is 30.3 Å². The predicted octanol–water partition coefficient (Wildman–Crippen LogP) is 3.61. The van der Waals surface area contributed by atoms with Crippen LogP contribution in [0.25, 0.3) is 0 Å². The lowest BCUT2D eigenvalue weighted by Gasteiger charge is -2.23. The van der Waals surface area contributed by atoms with E-state index >= 15 is 0 Å². The molecule has 0 unspecified atom stereocenters. The minimum atomic E-state index is -1.69. The molecule has 0 bridgehead atoms. The minimum absolute atomic E-state index is 0.216. The van der Waals surface area contributed by atoms with Gasteiger partial charge in [-0.1, -0.05) is 6.92 Å². The van der Waals surface area contributed by atoms with E-state index in [0.717, 1.165) is 6.07 Å². The highest BCUT2D eigenvalue weighted by Crippen LogP contribution is 2.26. The van der Waals surface area contributed by atoms with Crippen LogP contribution in [-0.4, -0.2) is 44.0 Å². The van der Waals surface area contributed by atoms with Crippen LogP contribution in [-0.2, 0) is 4.79 Å². The molecule has 2 aromatic rings. The summed E-state index contributed by atoms with van der Waals surface area (Å²) in [5.74, 6) is -5.04. The molecule has 0 aliphatic rings. The maximum atomic E-state index is 13.8. The summed E-state index contributed by atoms with van der Waals surface area (Å²) in [5, 5.41) is 2.15. The van der Waals surface area contributed by atoms with E-state index in [1.807, 2.05) is 6.92 Å². The minimum Gasteiger partial charge on any atom is -0.497 e. The Labute approximate surface area is 166 Å². The Bertz CT molecular complexity index is 906. The number of carbonyl (C=O) groups is 2. The van der Waals surface area contributed by atoms with Gasteiger partial charge in [0, 0.05) is 12.6 Å². The number of methoxy groups -OCH3 is 2. The summed E-state index contributed by atoms with van der Waals surface area (Å²) in [4.78, 5) is 26.5. The fourth-order valence-electron chi connectivity index (χ4n) is 2.65. The van der Waals surface area contributed by atoms with Crippen LogP contribution >= 0.6 is 0 Å². The quantitative estimate of drug-likeness (QED) is 0.675. The van der Waals surface area contributed by atoms with Gasteiger partial charge >= 0.3 is 0 Å². The summed E-state index contributed by atoms with van der Waals surface area (Å²) in [5.41, 5.74) is -0.298. The Morgan fingerprint density at radius 3 is 2.38 bits per heavy atom. The Morgan fingerprint density at radius 2 is 1.76 bits per heavy atom. The second-order valence-electron chi connectivity index (χ2n) is 6.06. The molecule has 0 heterocycles. The summed E-state index contributed by atoms with van der Waals surface area (Å²) >= 11 is 0. The van der Waals surface area contributed by atoms with Crippen molar-refractivity contribution in [1.82, 2.24) is 4.90 Å². The highest BCUT2D eigenvalue weighted by atomic mass is 19.2. The van der Waals surface area contributed by atoms with E-state index in [1.165, 1.54) is 31.3 Å². The smallest absolute Gasteiger partial charge is 0.258 e. The average molecular weight is 410 g/mol. The molecule has 156 valence electrons. The molecule has 6 nitrogen and oxygen atoms in total. The summed E-state index contributed by atoms with van der Waals surface area (Å²) in [7, 11) is 2.87. The van der Waals surface area contributed by atoms with E-state index in [9.17, 15) is 22.8 Å². The molecule has 0 spiro atoms. The van der Waals surface area contributed by atoms with Crippen molar-refractivity contribution >= 4 is 17.5 Å². The molecule has 29 heavy (non-hydrogen) atoms. The van der Waals surface area contributed by atoms with Gasteiger partial charge in [-0.15, -0.1) is 0 Å². The SMILES string of the molecule is CCCN(CC(=O)Nc1ccc(F)c(F)c1F)C(=O)c1ccc(OC)cc1OC. The molecule has 2 rings (SSSR count). The van der Waals surface area contributed by atoms with E-state index in [2.05, 4.69) is 5.32 Å². The average Bonchev–Trinajstić information content (AvgIpc) is 2.72. The number of ether oxygens (including phenoxy) is 2. The zero-order valence-electron chi connectivity index (χ0n) is 16.2. The Kier molecular flexibility index (Phi) is 7.46. The first-order valence-electron chi connectivity index (χ1n) is 8.77. The summed E-state index contributed by atoms with van der Waals surface area (Å²) < 4.78 is 50.4. The van der Waals surface area contributed by atoms with Crippen molar-refractivity contribution in [3.63, 3.8) is 0 Å². The van der Waals surface area contributed by atoms with Gasteiger partial charge in [-0.05, 0) is 30.7 Å². The van der Waals surface area contributed by atoms with Gasteiger partial charge in [0.2, 0.25) is 5.91 Å². The molecule has 2 aromatic carbocycles. The van der Waals surface area contributed by atoms with Gasteiger partial charge in [-0.3, -0.25) is 9.59 Å². The van der Waals surface area contributed by atoms with Crippen molar-refractivity contribution in [1.29, 1.82) is 0 Å². The second kappa shape index (κ2) is 9.81. The molecule has 2 amide bonds. The fourth-order valence-corrected chi connectivity index (χ4v) is 2.65. The van der Waals surface area contributed by atoms with Gasteiger partial charge < -0.3 is 19.7 Å². The van der Waals surface area contributed by atoms with Gasteiger partial charge in [0.05, 0.1) is 25.5 Å². The molecule has 0 aliphatic heterocycles. The molecule has 0 saturated carbocycles. The van der Waals surface area contributed by atoms with Crippen LogP contribution in [0.4, 0.5) is 18.9 Å². The lowest BCUT2D eigenvalue weighted by Crippen LogP contribution is -2.38. The van der Waals surface area contributed by atoms with Crippen molar-refractivity contribution in [2.75, 3.05) is 32.6 Å². The topological polar surface area (TPSA) is 67.9 Å². The van der Waals surface area contributed by atoms with Crippen molar-refractivity contribution in [2.24, 2.45) is 0 Å². The van der Waals surface area contributed by atoms with Crippen molar-refractivity contribution in [2.45, 2.75) is 13.3 Å². The van der Waals surface area contributed by atoms with E-state index in [4.69, 9.17) is 9.47 Å². The molecular weight excluding hydrogens is 389 g/mol. The first-order valence-corrected chi connectivity index (χ1v) is 8.77. The number of halogens is 3. The van der Waals surface area contributed by atoms with Crippen molar-refractivity contribution < 1.29 is 32.2 Å². The molecule has 0 aliphatic carbocycles. The fraction of sp³-hybridized carbons (Fsp3) is 0.300. The first kappa shape index (κ1) is 22.1. The van der Waals surface area contributed by atoms with Gasteiger partial charge in [0.15, 0.2) is 17.5 Å². The zero-order valence-corrected chi connectivity index (χ0v) is 16.2. The highest BCUT2D eigenvalue weighted by Gasteiger charge is 2.23. The van der Waals surface area contributed by atoms with E-state index in [0.29, 0.717) is 18.2 Å². The molecule has 9 heteroatoms. The molecule has 0 radical (unpaired) electrons. The van der Waals surface area contributed by atoms with E-state index in [-0.39, 0.29) is 17.9 Å². The largest absolute Gasteiger partial charge is 0.497 e. The third kappa shape index (κ3) is 5.18. The van der Waals surface area contributed by atoms with Crippen LogP contribution in [0.1, 0.15) is 23.7 Å². The summed E-state index contributed by atoms with van der Waals surface area (Å²) in [6.45, 7) is 1.64. The van der Waals surface area contributed by atoms with Crippen molar-refractivity contribution in [3.05, 3.63) is 53.3 Å². The number of hydrogen-bond donors (Lipinski definition) is 1. The number of benzene rings is 2. The third-order valence-corrected chi connectivity index (χ3v) is 4.06. The zero-order chi connectivity index (χ0) is 21.6. The molecule has 1 N–H and O–H groups in total. The van der Waals surface area contributed by atoms with Crippen LogP contribution in [0.2, 0.25) is 0 Å². The molecule has 0 saturated heterocycles. The van der Waals surface area contributed by atoms with Gasteiger partial charge in [0.25, 0.3) is 5.91 Å². The standard InChI is InChI=1S/C20H21F3N2O4/c1-4-9-25(20(27)13-6-5-12(28-2)10-16(13)29-3)11-17(26)24-15-8-7-14(21)18(22)19(15)23/h5-8,10H,4,9,11H2,1-3H3,(H,24,26). The maximum absolute atomic E-state index is 13.8. The first-order chi connectivity index (χ1) is 13.8. The van der Waals surface area contributed by atoms with Crippen LogP contribution in [0.3, 0.4) is 0 Å². The monoisotopic (exact) mass is 410 g/mol. The lowest BCUT2D eigenvalue weighted by atomic mass is 10.1. The van der Waals surface area contributed by atoms with E-state index in [1.54, 1.807) is 6.07 Å². The molecule has 0 aromatic heterocycles. The van der Waals surface area contributed by atoms with Crippen LogP contribution in [0, 0.1) is 17.5 Å². The maximum Gasteiger partial charge on any atom is 0.258 e. The molecule has 0 atom stereocenters. The van der Waals surface area contributed by atoms with Crippen LogP contribution in [0.5, 0.6) is 11.5 Å². The number of anilines is 1. The van der Waals surface area contributed by atoms with E-state index < -0.39 is 41.5 Å². The van der Waals surface area contributed by atoms with Gasteiger partial charge in [0.1, 0.15) is 18.0 Å².